The quantitative estimate of drug-likeness (QED) is 0.826. The van der Waals surface area contributed by atoms with Gasteiger partial charge in [-0.15, -0.1) is 0 Å². The van der Waals surface area contributed by atoms with Crippen LogP contribution in [0.15, 0.2) is 42.6 Å². The molecule has 0 saturated heterocycles. The summed E-state index contributed by atoms with van der Waals surface area (Å²) in [7, 11) is 0. The van der Waals surface area contributed by atoms with Gasteiger partial charge in [-0.25, -0.2) is 0 Å². The Morgan fingerprint density at radius 3 is 2.77 bits per heavy atom. The van der Waals surface area contributed by atoms with Crippen LogP contribution in [0.25, 0.3) is 0 Å². The van der Waals surface area contributed by atoms with E-state index < -0.39 is 0 Å². The summed E-state index contributed by atoms with van der Waals surface area (Å²) < 4.78 is 0. The number of para-hydroxylation sites is 1. The van der Waals surface area contributed by atoms with Crippen LogP contribution < -0.4 is 10.6 Å². The van der Waals surface area contributed by atoms with Crippen molar-refractivity contribution in [3.05, 3.63) is 59.4 Å². The standard InChI is InChI=1S/C18H23N3O/c1-3-15-8-6-7-14(2)18(15)20-12-10-17(22)21-13-16-9-4-5-11-19-16/h4-9,11,20H,3,10,12-13H2,1-2H3,(H,21,22). The second kappa shape index (κ2) is 8.17. The van der Waals surface area contributed by atoms with Crippen LogP contribution in [0, 0.1) is 6.92 Å². The molecule has 116 valence electrons. The average molecular weight is 297 g/mol. The minimum Gasteiger partial charge on any atom is -0.384 e. The summed E-state index contributed by atoms with van der Waals surface area (Å²) in [6.45, 7) is 5.33. The van der Waals surface area contributed by atoms with Crippen molar-refractivity contribution in [2.24, 2.45) is 0 Å². The van der Waals surface area contributed by atoms with Crippen LogP contribution >= 0.6 is 0 Å². The molecule has 0 atom stereocenters. The number of hydrogen-bond donors (Lipinski definition) is 2. The zero-order chi connectivity index (χ0) is 15.8. The summed E-state index contributed by atoms with van der Waals surface area (Å²) in [6.07, 6.45) is 3.16. The van der Waals surface area contributed by atoms with E-state index >= 15 is 0 Å². The lowest BCUT2D eigenvalue weighted by Gasteiger charge is -2.14. The van der Waals surface area contributed by atoms with Crippen molar-refractivity contribution >= 4 is 11.6 Å². The van der Waals surface area contributed by atoms with Crippen LogP contribution in [0.4, 0.5) is 5.69 Å². The van der Waals surface area contributed by atoms with E-state index in [1.54, 1.807) is 6.20 Å². The summed E-state index contributed by atoms with van der Waals surface area (Å²) in [6, 6.07) is 12.0. The molecule has 1 heterocycles. The largest absolute Gasteiger partial charge is 0.384 e. The Hall–Kier alpha value is -2.36. The maximum atomic E-state index is 11.9. The van der Waals surface area contributed by atoms with Gasteiger partial charge in [-0.05, 0) is 36.6 Å². The number of aryl methyl sites for hydroxylation is 2. The fraction of sp³-hybridized carbons (Fsp3) is 0.333. The van der Waals surface area contributed by atoms with Gasteiger partial charge in [-0.2, -0.15) is 0 Å². The van der Waals surface area contributed by atoms with Gasteiger partial charge in [0.25, 0.3) is 0 Å². The third-order valence-corrected chi connectivity index (χ3v) is 3.59. The summed E-state index contributed by atoms with van der Waals surface area (Å²) in [5.41, 5.74) is 4.53. The van der Waals surface area contributed by atoms with Gasteiger partial charge in [0, 0.05) is 24.8 Å². The van der Waals surface area contributed by atoms with Crippen LogP contribution in [0.3, 0.4) is 0 Å². The first-order valence-corrected chi connectivity index (χ1v) is 7.69. The van der Waals surface area contributed by atoms with Crippen LogP contribution in [-0.4, -0.2) is 17.4 Å². The van der Waals surface area contributed by atoms with Crippen molar-refractivity contribution in [1.82, 2.24) is 10.3 Å². The van der Waals surface area contributed by atoms with Crippen molar-refractivity contribution in [3.63, 3.8) is 0 Å². The molecule has 2 rings (SSSR count). The first kappa shape index (κ1) is 16.0. The first-order chi connectivity index (χ1) is 10.7. The SMILES string of the molecule is CCc1cccc(C)c1NCCC(=O)NCc1ccccn1. The highest BCUT2D eigenvalue weighted by molar-refractivity contribution is 5.76. The number of aromatic nitrogens is 1. The highest BCUT2D eigenvalue weighted by atomic mass is 16.1. The van der Waals surface area contributed by atoms with Gasteiger partial charge in [-0.1, -0.05) is 31.2 Å². The molecule has 0 saturated carbocycles. The van der Waals surface area contributed by atoms with Gasteiger partial charge in [0.05, 0.1) is 12.2 Å². The normalized spacial score (nSPS) is 10.3. The van der Waals surface area contributed by atoms with E-state index in [0.29, 0.717) is 19.5 Å². The molecule has 4 nitrogen and oxygen atoms in total. The number of pyridine rings is 1. The van der Waals surface area contributed by atoms with Crippen molar-refractivity contribution in [3.8, 4) is 0 Å². The number of hydrogen-bond acceptors (Lipinski definition) is 3. The number of anilines is 1. The smallest absolute Gasteiger partial charge is 0.222 e. The Morgan fingerprint density at radius 2 is 2.05 bits per heavy atom. The van der Waals surface area contributed by atoms with Gasteiger partial charge >= 0.3 is 0 Å². The Morgan fingerprint density at radius 1 is 1.18 bits per heavy atom. The molecular weight excluding hydrogens is 274 g/mol. The minimum absolute atomic E-state index is 0.0322. The first-order valence-electron chi connectivity index (χ1n) is 7.69. The second-order valence-electron chi connectivity index (χ2n) is 5.24. The molecule has 0 fully saturated rings. The van der Waals surface area contributed by atoms with Gasteiger partial charge in [0.1, 0.15) is 0 Å². The molecule has 1 aromatic heterocycles. The van der Waals surface area contributed by atoms with E-state index in [9.17, 15) is 4.79 Å². The Bertz CT molecular complexity index is 611. The van der Waals surface area contributed by atoms with E-state index in [2.05, 4.69) is 47.7 Å². The molecule has 4 heteroatoms. The molecule has 22 heavy (non-hydrogen) atoms. The predicted octanol–water partition coefficient (Wildman–Crippen LogP) is 3.07. The van der Waals surface area contributed by atoms with Gasteiger partial charge in [-0.3, -0.25) is 9.78 Å². The Balaban J connectivity index is 1.78. The van der Waals surface area contributed by atoms with Crippen molar-refractivity contribution in [1.29, 1.82) is 0 Å². The molecule has 2 N–H and O–H groups in total. The average Bonchev–Trinajstić information content (AvgIpc) is 2.55. The van der Waals surface area contributed by atoms with Crippen LogP contribution in [0.2, 0.25) is 0 Å². The van der Waals surface area contributed by atoms with Crippen LogP contribution in [-0.2, 0) is 17.8 Å². The predicted molar refractivity (Wildman–Crippen MR) is 89.7 cm³/mol. The van der Waals surface area contributed by atoms with Gasteiger partial charge in [0.2, 0.25) is 5.91 Å². The summed E-state index contributed by atoms with van der Waals surface area (Å²) >= 11 is 0. The Kier molecular flexibility index (Phi) is 5.95. The molecule has 0 aliphatic carbocycles. The van der Waals surface area contributed by atoms with Gasteiger partial charge < -0.3 is 10.6 Å². The highest BCUT2D eigenvalue weighted by Gasteiger charge is 2.05. The summed E-state index contributed by atoms with van der Waals surface area (Å²) in [5.74, 6) is 0.0322. The van der Waals surface area contributed by atoms with Crippen LogP contribution in [0.1, 0.15) is 30.2 Å². The maximum absolute atomic E-state index is 11.9. The lowest BCUT2D eigenvalue weighted by atomic mass is 10.1. The number of benzene rings is 1. The molecule has 1 amide bonds. The van der Waals surface area contributed by atoms with Crippen LogP contribution in [0.5, 0.6) is 0 Å². The lowest BCUT2D eigenvalue weighted by Crippen LogP contribution is -2.25. The number of rotatable bonds is 7. The number of amides is 1. The molecule has 0 unspecified atom stereocenters. The number of carbonyl (C=O) groups is 1. The van der Waals surface area contributed by atoms with Crippen molar-refractivity contribution in [2.75, 3.05) is 11.9 Å². The van der Waals surface area contributed by atoms with Gasteiger partial charge in [0.15, 0.2) is 0 Å². The number of carbonyl (C=O) groups excluding carboxylic acids is 1. The van der Waals surface area contributed by atoms with E-state index in [-0.39, 0.29) is 5.91 Å². The fourth-order valence-corrected chi connectivity index (χ4v) is 2.36. The number of nitrogens with one attached hydrogen (secondary N) is 2. The zero-order valence-electron chi connectivity index (χ0n) is 13.2. The molecule has 0 bridgehead atoms. The van der Waals surface area contributed by atoms with E-state index in [1.807, 2.05) is 18.2 Å². The monoisotopic (exact) mass is 297 g/mol. The molecular formula is C18H23N3O. The zero-order valence-corrected chi connectivity index (χ0v) is 13.2. The summed E-state index contributed by atoms with van der Waals surface area (Å²) in [5, 5.41) is 6.27. The Labute approximate surface area is 132 Å². The third-order valence-electron chi connectivity index (χ3n) is 3.59. The molecule has 0 aliphatic rings. The fourth-order valence-electron chi connectivity index (χ4n) is 2.36. The van der Waals surface area contributed by atoms with E-state index in [4.69, 9.17) is 0 Å². The topological polar surface area (TPSA) is 54.0 Å². The molecule has 0 spiro atoms. The second-order valence-corrected chi connectivity index (χ2v) is 5.24. The minimum atomic E-state index is 0.0322. The number of nitrogens with zero attached hydrogens (tertiary/aromatic N) is 1. The molecule has 1 aromatic carbocycles. The highest BCUT2D eigenvalue weighted by Crippen LogP contribution is 2.20. The lowest BCUT2D eigenvalue weighted by molar-refractivity contribution is -0.121. The van der Waals surface area contributed by atoms with Crippen molar-refractivity contribution < 1.29 is 4.79 Å². The molecule has 0 radical (unpaired) electrons. The third kappa shape index (κ3) is 4.58. The van der Waals surface area contributed by atoms with E-state index in [1.165, 1.54) is 11.1 Å². The molecule has 2 aromatic rings. The summed E-state index contributed by atoms with van der Waals surface area (Å²) in [4.78, 5) is 16.0. The van der Waals surface area contributed by atoms with E-state index in [0.717, 1.165) is 17.8 Å². The van der Waals surface area contributed by atoms with Crippen molar-refractivity contribution in [2.45, 2.75) is 33.2 Å². The maximum Gasteiger partial charge on any atom is 0.222 e. The molecule has 0 aliphatic heterocycles.